The number of rotatable bonds is 6. The van der Waals surface area contributed by atoms with E-state index in [-0.39, 0.29) is 18.6 Å². The zero-order valence-electron chi connectivity index (χ0n) is 14.9. The van der Waals surface area contributed by atoms with E-state index in [9.17, 15) is 4.79 Å². The van der Waals surface area contributed by atoms with Gasteiger partial charge in [-0.15, -0.1) is 0 Å². The highest BCUT2D eigenvalue weighted by atomic mass is 16.5. The quantitative estimate of drug-likeness (QED) is 0.808. The largest absolute Gasteiger partial charge is 0.493 e. The van der Waals surface area contributed by atoms with E-state index in [1.807, 2.05) is 67.3 Å². The molecule has 25 heavy (non-hydrogen) atoms. The molecule has 3 rings (SSSR count). The Balaban J connectivity index is 1.59. The highest BCUT2D eigenvalue weighted by molar-refractivity contribution is 5.78. The van der Waals surface area contributed by atoms with Crippen molar-refractivity contribution in [3.05, 3.63) is 60.2 Å². The minimum Gasteiger partial charge on any atom is -0.493 e. The fraction of sp³-hybridized carbons (Fsp3) is 0.381. The summed E-state index contributed by atoms with van der Waals surface area (Å²) in [6.45, 7) is 5.47. The van der Waals surface area contributed by atoms with Gasteiger partial charge in [-0.25, -0.2) is 0 Å². The molecule has 2 aromatic carbocycles. The summed E-state index contributed by atoms with van der Waals surface area (Å²) in [6, 6.07) is 17.7. The third-order valence-corrected chi connectivity index (χ3v) is 4.46. The Morgan fingerprint density at radius 2 is 1.88 bits per heavy atom. The van der Waals surface area contributed by atoms with Gasteiger partial charge in [0.1, 0.15) is 11.5 Å². The van der Waals surface area contributed by atoms with Crippen LogP contribution in [0.5, 0.6) is 11.5 Å². The van der Waals surface area contributed by atoms with Gasteiger partial charge in [-0.2, -0.15) is 0 Å². The molecule has 1 heterocycles. The van der Waals surface area contributed by atoms with Crippen LogP contribution in [0.1, 0.15) is 19.4 Å². The van der Waals surface area contributed by atoms with Crippen molar-refractivity contribution in [1.82, 2.24) is 4.90 Å². The summed E-state index contributed by atoms with van der Waals surface area (Å²) >= 11 is 0. The molecule has 0 N–H and O–H groups in total. The summed E-state index contributed by atoms with van der Waals surface area (Å²) in [5.41, 5.74) is 1.22. The number of benzene rings is 2. The first-order valence-corrected chi connectivity index (χ1v) is 8.81. The molecule has 132 valence electrons. The number of fused-ring (bicyclic) bond motifs is 1. The molecule has 1 aliphatic rings. The molecule has 0 aliphatic carbocycles. The zero-order chi connectivity index (χ0) is 17.6. The van der Waals surface area contributed by atoms with Gasteiger partial charge in [0.2, 0.25) is 0 Å². The number of carbonyl (C=O) groups excluding carboxylic acids is 1. The predicted octanol–water partition coefficient (Wildman–Crippen LogP) is 3.55. The number of hydrogen-bond donors (Lipinski definition) is 0. The number of ether oxygens (including phenoxy) is 2. The third kappa shape index (κ3) is 4.53. The molecule has 0 aromatic heterocycles. The summed E-state index contributed by atoms with van der Waals surface area (Å²) in [7, 11) is 0. The van der Waals surface area contributed by atoms with Crippen molar-refractivity contribution in [3.63, 3.8) is 0 Å². The van der Waals surface area contributed by atoms with E-state index in [2.05, 4.69) is 6.07 Å². The number of para-hydroxylation sites is 2. The van der Waals surface area contributed by atoms with Crippen LogP contribution < -0.4 is 9.47 Å². The van der Waals surface area contributed by atoms with Gasteiger partial charge in [0, 0.05) is 18.5 Å². The van der Waals surface area contributed by atoms with Crippen LogP contribution in [0.25, 0.3) is 0 Å². The molecule has 4 nitrogen and oxygen atoms in total. The molecule has 1 atom stereocenters. The van der Waals surface area contributed by atoms with Crippen molar-refractivity contribution >= 4 is 5.91 Å². The topological polar surface area (TPSA) is 38.8 Å². The average molecular weight is 339 g/mol. The van der Waals surface area contributed by atoms with Crippen molar-refractivity contribution in [1.29, 1.82) is 0 Å². The maximum atomic E-state index is 12.6. The van der Waals surface area contributed by atoms with Crippen LogP contribution >= 0.6 is 0 Å². The van der Waals surface area contributed by atoms with Gasteiger partial charge >= 0.3 is 0 Å². The molecule has 1 aliphatic heterocycles. The Morgan fingerprint density at radius 1 is 1.16 bits per heavy atom. The van der Waals surface area contributed by atoms with Gasteiger partial charge in [0.25, 0.3) is 5.91 Å². The summed E-state index contributed by atoms with van der Waals surface area (Å²) in [5, 5.41) is 0. The Labute approximate surface area is 149 Å². The molecule has 2 aromatic rings. The third-order valence-electron chi connectivity index (χ3n) is 4.46. The second kappa shape index (κ2) is 8.06. The van der Waals surface area contributed by atoms with Crippen LogP contribution in [0.3, 0.4) is 0 Å². The number of nitrogens with zero attached hydrogens (tertiary/aromatic N) is 1. The van der Waals surface area contributed by atoms with E-state index < -0.39 is 0 Å². The maximum absolute atomic E-state index is 12.6. The minimum absolute atomic E-state index is 0.0118. The first-order chi connectivity index (χ1) is 12.1. The molecule has 0 radical (unpaired) electrons. The van der Waals surface area contributed by atoms with Crippen molar-refractivity contribution in [2.24, 2.45) is 5.92 Å². The van der Waals surface area contributed by atoms with Crippen LogP contribution in [-0.2, 0) is 11.2 Å². The first kappa shape index (κ1) is 17.3. The van der Waals surface area contributed by atoms with Crippen molar-refractivity contribution in [2.75, 3.05) is 19.8 Å². The molecule has 0 fully saturated rings. The molecule has 0 saturated heterocycles. The molecule has 0 spiro atoms. The lowest BCUT2D eigenvalue weighted by atomic mass is 9.96. The second-order valence-electron chi connectivity index (χ2n) is 6.73. The average Bonchev–Trinajstić information content (AvgIpc) is 2.64. The van der Waals surface area contributed by atoms with Crippen LogP contribution in [-0.4, -0.2) is 36.6 Å². The zero-order valence-corrected chi connectivity index (χ0v) is 14.9. The van der Waals surface area contributed by atoms with Crippen molar-refractivity contribution in [2.45, 2.75) is 26.3 Å². The summed E-state index contributed by atoms with van der Waals surface area (Å²) in [6.07, 6.45) is 0.937. The monoisotopic (exact) mass is 339 g/mol. The van der Waals surface area contributed by atoms with Crippen LogP contribution in [0.2, 0.25) is 0 Å². The molecular formula is C21H25NO3. The lowest BCUT2D eigenvalue weighted by Gasteiger charge is -2.33. The van der Waals surface area contributed by atoms with Crippen molar-refractivity contribution < 1.29 is 14.3 Å². The van der Waals surface area contributed by atoms with E-state index in [0.717, 1.165) is 17.9 Å². The van der Waals surface area contributed by atoms with Gasteiger partial charge in [-0.1, -0.05) is 36.4 Å². The first-order valence-electron chi connectivity index (χ1n) is 8.81. The van der Waals surface area contributed by atoms with E-state index >= 15 is 0 Å². The van der Waals surface area contributed by atoms with E-state index in [0.29, 0.717) is 19.1 Å². The Morgan fingerprint density at radius 3 is 2.64 bits per heavy atom. The van der Waals surface area contributed by atoms with E-state index in [1.165, 1.54) is 5.56 Å². The Bertz CT molecular complexity index is 699. The fourth-order valence-electron chi connectivity index (χ4n) is 3.13. The predicted molar refractivity (Wildman–Crippen MR) is 97.9 cm³/mol. The number of hydrogen-bond acceptors (Lipinski definition) is 3. The maximum Gasteiger partial charge on any atom is 0.260 e. The van der Waals surface area contributed by atoms with Crippen molar-refractivity contribution in [3.8, 4) is 11.5 Å². The van der Waals surface area contributed by atoms with Gasteiger partial charge in [-0.05, 0) is 44.0 Å². The highest BCUT2D eigenvalue weighted by Crippen LogP contribution is 2.27. The second-order valence-corrected chi connectivity index (χ2v) is 6.73. The Hall–Kier alpha value is -2.49. The number of carbonyl (C=O) groups is 1. The lowest BCUT2D eigenvalue weighted by Crippen LogP contribution is -2.45. The highest BCUT2D eigenvalue weighted by Gasteiger charge is 2.26. The summed E-state index contributed by atoms with van der Waals surface area (Å²) < 4.78 is 11.5. The standard InChI is InChI=1S/C21H25NO3/c1-16(2)22(21(23)15-24-19-9-4-3-5-10-19)13-17-12-18-8-6-7-11-20(18)25-14-17/h3-11,16-17H,12-15H2,1-2H3. The van der Waals surface area contributed by atoms with Crippen LogP contribution in [0, 0.1) is 5.92 Å². The summed E-state index contributed by atoms with van der Waals surface area (Å²) in [4.78, 5) is 14.5. The molecular weight excluding hydrogens is 314 g/mol. The van der Waals surface area contributed by atoms with Gasteiger partial charge in [0.05, 0.1) is 6.61 Å². The Kier molecular flexibility index (Phi) is 5.59. The smallest absolute Gasteiger partial charge is 0.260 e. The number of amides is 1. The van der Waals surface area contributed by atoms with Crippen LogP contribution in [0.4, 0.5) is 0 Å². The lowest BCUT2D eigenvalue weighted by molar-refractivity contribution is -0.136. The van der Waals surface area contributed by atoms with Gasteiger partial charge in [0.15, 0.2) is 6.61 Å². The fourth-order valence-corrected chi connectivity index (χ4v) is 3.13. The van der Waals surface area contributed by atoms with E-state index in [4.69, 9.17) is 9.47 Å². The SMILES string of the molecule is CC(C)N(CC1COc2ccccc2C1)C(=O)COc1ccccc1. The summed E-state index contributed by atoms with van der Waals surface area (Å²) in [5.74, 6) is 2.00. The normalized spacial score (nSPS) is 16.0. The molecule has 1 unspecified atom stereocenters. The molecule has 1 amide bonds. The van der Waals surface area contributed by atoms with Gasteiger partial charge in [-0.3, -0.25) is 4.79 Å². The molecule has 0 saturated carbocycles. The van der Waals surface area contributed by atoms with Gasteiger partial charge < -0.3 is 14.4 Å². The van der Waals surface area contributed by atoms with E-state index in [1.54, 1.807) is 0 Å². The van der Waals surface area contributed by atoms with Crippen LogP contribution in [0.15, 0.2) is 54.6 Å². The molecule has 0 bridgehead atoms. The molecule has 4 heteroatoms. The minimum atomic E-state index is 0.0118.